The fraction of sp³-hybridized carbons (Fsp3) is 0.176. The van der Waals surface area contributed by atoms with Crippen LogP contribution in [0.2, 0.25) is 5.02 Å². The second kappa shape index (κ2) is 7.15. The van der Waals surface area contributed by atoms with E-state index in [9.17, 15) is 9.59 Å². The zero-order chi connectivity index (χ0) is 17.0. The molecule has 1 N–H and O–H groups in total. The number of carboxylic acid groups (broad SMARTS) is 1. The van der Waals surface area contributed by atoms with Crippen molar-refractivity contribution in [2.75, 3.05) is 0 Å². The van der Waals surface area contributed by atoms with Crippen molar-refractivity contribution in [2.45, 2.75) is 20.0 Å². The molecule has 0 amide bonds. The summed E-state index contributed by atoms with van der Waals surface area (Å²) in [6.07, 6.45) is -0.893. The van der Waals surface area contributed by atoms with Gasteiger partial charge >= 0.3 is 11.9 Å². The fourth-order valence-electron chi connectivity index (χ4n) is 1.82. The van der Waals surface area contributed by atoms with E-state index in [1.165, 1.54) is 25.1 Å². The number of hydrogen-bond acceptors (Lipinski definition) is 4. The minimum atomic E-state index is -1.23. The minimum absolute atomic E-state index is 0.0775. The molecule has 0 aromatic heterocycles. The Morgan fingerprint density at radius 1 is 1.13 bits per heavy atom. The number of carboxylic acids is 1. The van der Waals surface area contributed by atoms with Crippen LogP contribution in [0.5, 0.6) is 11.5 Å². The van der Waals surface area contributed by atoms with Gasteiger partial charge in [0.05, 0.1) is 0 Å². The van der Waals surface area contributed by atoms with Gasteiger partial charge in [-0.05, 0) is 44.2 Å². The molecule has 2 aromatic rings. The number of aryl methyl sites for hydroxylation is 1. The number of halogens is 1. The van der Waals surface area contributed by atoms with Crippen molar-refractivity contribution in [3.8, 4) is 11.5 Å². The van der Waals surface area contributed by atoms with E-state index in [2.05, 4.69) is 0 Å². The lowest BCUT2D eigenvalue weighted by Gasteiger charge is -2.15. The summed E-state index contributed by atoms with van der Waals surface area (Å²) in [4.78, 5) is 23.2. The second-order valence-corrected chi connectivity index (χ2v) is 5.38. The molecule has 0 bridgehead atoms. The molecule has 0 aliphatic carbocycles. The number of rotatable bonds is 5. The summed E-state index contributed by atoms with van der Waals surface area (Å²) in [6.45, 7) is 3.47. The average molecular weight is 335 g/mol. The maximum Gasteiger partial charge on any atom is 0.352 e. The van der Waals surface area contributed by atoms with Gasteiger partial charge in [-0.3, -0.25) is 0 Å². The Kier molecular flexibility index (Phi) is 5.24. The third-order valence-electron chi connectivity index (χ3n) is 3.05. The fourth-order valence-corrected chi connectivity index (χ4v) is 1.99. The Morgan fingerprint density at radius 3 is 2.39 bits per heavy atom. The maximum atomic E-state index is 12.1. The lowest BCUT2D eigenvalue weighted by Crippen LogP contribution is -2.29. The zero-order valence-electron chi connectivity index (χ0n) is 12.6. The normalized spacial score (nSPS) is 11.6. The van der Waals surface area contributed by atoms with Gasteiger partial charge in [-0.15, -0.1) is 0 Å². The van der Waals surface area contributed by atoms with Crippen molar-refractivity contribution in [3.63, 3.8) is 0 Å². The van der Waals surface area contributed by atoms with Crippen molar-refractivity contribution in [3.05, 3.63) is 58.6 Å². The van der Waals surface area contributed by atoms with Crippen LogP contribution in [-0.4, -0.2) is 23.1 Å². The zero-order valence-corrected chi connectivity index (χ0v) is 13.3. The highest BCUT2D eigenvalue weighted by Crippen LogP contribution is 2.24. The first-order valence-corrected chi connectivity index (χ1v) is 7.22. The van der Waals surface area contributed by atoms with Crippen LogP contribution >= 0.6 is 11.6 Å². The van der Waals surface area contributed by atoms with Gasteiger partial charge in [-0.1, -0.05) is 29.3 Å². The van der Waals surface area contributed by atoms with Crippen molar-refractivity contribution in [2.24, 2.45) is 0 Å². The lowest BCUT2D eigenvalue weighted by molar-refractivity contribution is -0.141. The summed E-state index contributed by atoms with van der Waals surface area (Å²) in [5, 5.41) is 9.36. The second-order valence-electron chi connectivity index (χ2n) is 4.94. The van der Waals surface area contributed by atoms with Crippen LogP contribution in [0.15, 0.2) is 42.5 Å². The summed E-state index contributed by atoms with van der Waals surface area (Å²) in [5.41, 5.74) is 0.883. The first-order chi connectivity index (χ1) is 10.9. The summed E-state index contributed by atoms with van der Waals surface area (Å²) < 4.78 is 10.6. The molecule has 0 heterocycles. The molecule has 2 aromatic carbocycles. The highest BCUT2D eigenvalue weighted by molar-refractivity contribution is 6.31. The molecule has 0 aliphatic heterocycles. The van der Waals surface area contributed by atoms with Gasteiger partial charge in [0.2, 0.25) is 0 Å². The SMILES string of the molecule is Cc1ccc(OC(C)C(=O)Oc2ccc(Cl)cc2C(=O)O)cc1. The third kappa shape index (κ3) is 4.47. The predicted molar refractivity (Wildman–Crippen MR) is 85.3 cm³/mol. The van der Waals surface area contributed by atoms with E-state index < -0.39 is 18.0 Å². The van der Waals surface area contributed by atoms with Crippen LogP contribution < -0.4 is 9.47 Å². The van der Waals surface area contributed by atoms with Gasteiger partial charge < -0.3 is 14.6 Å². The first-order valence-electron chi connectivity index (χ1n) is 6.84. The Labute approximate surface area is 138 Å². The summed E-state index contributed by atoms with van der Waals surface area (Å²) in [7, 11) is 0. The monoisotopic (exact) mass is 334 g/mol. The van der Waals surface area contributed by atoms with Gasteiger partial charge in [0.25, 0.3) is 0 Å². The van der Waals surface area contributed by atoms with Gasteiger partial charge in [-0.25, -0.2) is 9.59 Å². The van der Waals surface area contributed by atoms with Crippen LogP contribution in [0.1, 0.15) is 22.8 Å². The number of ether oxygens (including phenoxy) is 2. The molecule has 5 nitrogen and oxygen atoms in total. The van der Waals surface area contributed by atoms with Crippen LogP contribution in [-0.2, 0) is 4.79 Å². The van der Waals surface area contributed by atoms with Gasteiger partial charge in [0, 0.05) is 5.02 Å². The first kappa shape index (κ1) is 16.8. The Hall–Kier alpha value is -2.53. The van der Waals surface area contributed by atoms with E-state index >= 15 is 0 Å². The van der Waals surface area contributed by atoms with E-state index in [1.807, 2.05) is 19.1 Å². The number of benzene rings is 2. The molecule has 0 spiro atoms. The number of esters is 1. The van der Waals surface area contributed by atoms with Crippen LogP contribution in [0.4, 0.5) is 0 Å². The molecule has 0 fully saturated rings. The molecule has 0 radical (unpaired) electrons. The van der Waals surface area contributed by atoms with E-state index in [4.69, 9.17) is 26.2 Å². The molecule has 2 rings (SSSR count). The summed E-state index contributed by atoms with van der Waals surface area (Å²) in [5.74, 6) is -1.49. The predicted octanol–water partition coefficient (Wildman–Crippen LogP) is 3.72. The minimum Gasteiger partial charge on any atom is -0.479 e. The molecule has 23 heavy (non-hydrogen) atoms. The van der Waals surface area contributed by atoms with E-state index in [1.54, 1.807) is 12.1 Å². The quantitative estimate of drug-likeness (QED) is 0.666. The van der Waals surface area contributed by atoms with Crippen molar-refractivity contribution < 1.29 is 24.2 Å². The smallest absolute Gasteiger partial charge is 0.352 e. The average Bonchev–Trinajstić information content (AvgIpc) is 2.51. The molecule has 120 valence electrons. The molecule has 1 atom stereocenters. The van der Waals surface area contributed by atoms with E-state index in [0.29, 0.717) is 5.75 Å². The molecule has 1 unspecified atom stereocenters. The molecular formula is C17H15ClO5. The van der Waals surface area contributed by atoms with Crippen LogP contribution in [0.3, 0.4) is 0 Å². The summed E-state index contributed by atoms with van der Waals surface area (Å²) in [6, 6.07) is 11.2. The van der Waals surface area contributed by atoms with Crippen LogP contribution in [0.25, 0.3) is 0 Å². The van der Waals surface area contributed by atoms with E-state index in [-0.39, 0.29) is 16.3 Å². The van der Waals surface area contributed by atoms with Gasteiger partial charge in [0.1, 0.15) is 17.1 Å². The standard InChI is InChI=1S/C17H15ClO5/c1-10-3-6-13(7-4-10)22-11(2)17(21)23-15-8-5-12(18)9-14(15)16(19)20/h3-9,11H,1-2H3,(H,19,20). The Morgan fingerprint density at radius 2 is 1.78 bits per heavy atom. The van der Waals surface area contributed by atoms with Crippen molar-refractivity contribution in [1.29, 1.82) is 0 Å². The molecule has 0 aliphatic rings. The number of hydrogen-bond donors (Lipinski definition) is 1. The highest BCUT2D eigenvalue weighted by Gasteiger charge is 2.21. The van der Waals surface area contributed by atoms with Gasteiger partial charge in [0.15, 0.2) is 6.10 Å². The third-order valence-corrected chi connectivity index (χ3v) is 3.28. The molecule has 0 saturated carbocycles. The molecular weight excluding hydrogens is 320 g/mol. The molecule has 0 saturated heterocycles. The summed E-state index contributed by atoms with van der Waals surface area (Å²) >= 11 is 5.75. The Balaban J connectivity index is 2.09. The largest absolute Gasteiger partial charge is 0.479 e. The Bertz CT molecular complexity index is 724. The number of carbonyl (C=O) groups excluding carboxylic acids is 1. The number of carbonyl (C=O) groups is 2. The van der Waals surface area contributed by atoms with Gasteiger partial charge in [-0.2, -0.15) is 0 Å². The maximum absolute atomic E-state index is 12.1. The topological polar surface area (TPSA) is 72.8 Å². The van der Waals surface area contributed by atoms with Crippen LogP contribution in [0, 0.1) is 6.92 Å². The highest BCUT2D eigenvalue weighted by atomic mass is 35.5. The van der Waals surface area contributed by atoms with Crippen molar-refractivity contribution in [1.82, 2.24) is 0 Å². The lowest BCUT2D eigenvalue weighted by atomic mass is 10.2. The molecule has 6 heteroatoms. The van der Waals surface area contributed by atoms with E-state index in [0.717, 1.165) is 5.56 Å². The number of aromatic carboxylic acids is 1. The van der Waals surface area contributed by atoms with Crippen molar-refractivity contribution >= 4 is 23.5 Å².